The van der Waals surface area contributed by atoms with Crippen molar-refractivity contribution in [1.29, 1.82) is 0 Å². The lowest BCUT2D eigenvalue weighted by molar-refractivity contribution is -0.137. The van der Waals surface area contributed by atoms with Crippen molar-refractivity contribution in [3.8, 4) is 5.69 Å². The zero-order valence-corrected chi connectivity index (χ0v) is 13.4. The Labute approximate surface area is 139 Å². The number of thioether (sulfide) groups is 1. The molecule has 24 heavy (non-hydrogen) atoms. The van der Waals surface area contributed by atoms with Crippen molar-refractivity contribution < 1.29 is 13.2 Å². The first kappa shape index (κ1) is 16.5. The van der Waals surface area contributed by atoms with Gasteiger partial charge in [-0.05, 0) is 30.0 Å². The number of rotatable bonds is 3. The van der Waals surface area contributed by atoms with Crippen molar-refractivity contribution in [2.75, 3.05) is 5.75 Å². The smallest absolute Gasteiger partial charge is 0.266 e. The van der Waals surface area contributed by atoms with Crippen LogP contribution in [0, 0.1) is 0 Å². The van der Waals surface area contributed by atoms with E-state index in [1.165, 1.54) is 36.2 Å². The first-order valence-electron chi connectivity index (χ1n) is 7.10. The van der Waals surface area contributed by atoms with E-state index >= 15 is 0 Å². The number of aromatic nitrogens is 3. The highest BCUT2D eigenvalue weighted by Crippen LogP contribution is 2.34. The number of hydrogen-bond donors (Lipinski definition) is 0. The first-order chi connectivity index (χ1) is 11.4. The molecule has 0 atom stereocenters. The minimum absolute atomic E-state index is 0.0370. The summed E-state index contributed by atoms with van der Waals surface area (Å²) in [6.45, 7) is 1.84. The van der Waals surface area contributed by atoms with Crippen molar-refractivity contribution in [2.24, 2.45) is 0 Å². The summed E-state index contributed by atoms with van der Waals surface area (Å²) < 4.78 is 41.0. The molecule has 0 aliphatic heterocycles. The van der Waals surface area contributed by atoms with E-state index in [1.54, 1.807) is 12.1 Å². The Kier molecular flexibility index (Phi) is 4.31. The van der Waals surface area contributed by atoms with Crippen LogP contribution < -0.4 is 5.56 Å². The predicted octanol–water partition coefficient (Wildman–Crippen LogP) is 3.91. The molecular weight excluding hydrogens is 339 g/mol. The van der Waals surface area contributed by atoms with E-state index in [1.807, 2.05) is 6.92 Å². The summed E-state index contributed by atoms with van der Waals surface area (Å²) in [5, 5.41) is 0.208. The number of fused-ring (bicyclic) bond motifs is 1. The summed E-state index contributed by atoms with van der Waals surface area (Å²) in [6, 6.07) is 8.20. The normalized spacial score (nSPS) is 11.8. The zero-order valence-electron chi connectivity index (χ0n) is 12.5. The molecule has 0 aliphatic rings. The average Bonchev–Trinajstić information content (AvgIpc) is 2.55. The minimum Gasteiger partial charge on any atom is -0.266 e. The Bertz CT molecular complexity index is 953. The van der Waals surface area contributed by atoms with Crippen molar-refractivity contribution in [3.63, 3.8) is 0 Å². The largest absolute Gasteiger partial charge is 0.418 e. The van der Waals surface area contributed by atoms with Crippen LogP contribution in [0.25, 0.3) is 16.7 Å². The number of pyridine rings is 1. The molecule has 0 aliphatic carbocycles. The van der Waals surface area contributed by atoms with Gasteiger partial charge < -0.3 is 0 Å². The predicted molar refractivity (Wildman–Crippen MR) is 86.5 cm³/mol. The number of hydrogen-bond acceptors (Lipinski definition) is 4. The molecular formula is C16H12F3N3OS. The van der Waals surface area contributed by atoms with Crippen molar-refractivity contribution in [2.45, 2.75) is 18.3 Å². The molecule has 0 N–H and O–H groups in total. The van der Waals surface area contributed by atoms with Gasteiger partial charge in [-0.25, -0.2) is 9.97 Å². The highest BCUT2D eigenvalue weighted by Gasteiger charge is 2.34. The van der Waals surface area contributed by atoms with E-state index < -0.39 is 17.3 Å². The molecule has 3 aromatic rings. The van der Waals surface area contributed by atoms with Gasteiger partial charge in [-0.1, -0.05) is 30.8 Å². The first-order valence-corrected chi connectivity index (χ1v) is 8.09. The maximum atomic E-state index is 13.3. The highest BCUT2D eigenvalue weighted by atomic mass is 32.2. The molecule has 2 heterocycles. The van der Waals surface area contributed by atoms with Gasteiger partial charge in [0.05, 0.1) is 16.8 Å². The van der Waals surface area contributed by atoms with Crippen LogP contribution in [0.15, 0.2) is 52.5 Å². The summed E-state index contributed by atoms with van der Waals surface area (Å²) in [5.41, 5.74) is -1.35. The Morgan fingerprint density at radius 2 is 1.92 bits per heavy atom. The molecule has 8 heteroatoms. The molecule has 124 valence electrons. The van der Waals surface area contributed by atoms with Crippen LogP contribution >= 0.6 is 11.8 Å². The van der Waals surface area contributed by atoms with Crippen LogP contribution in [0.1, 0.15) is 12.5 Å². The topological polar surface area (TPSA) is 47.8 Å². The van der Waals surface area contributed by atoms with Crippen LogP contribution in [-0.2, 0) is 6.18 Å². The van der Waals surface area contributed by atoms with Gasteiger partial charge in [-0.3, -0.25) is 9.36 Å². The quantitative estimate of drug-likeness (QED) is 0.530. The second-order valence-corrected chi connectivity index (χ2v) is 6.09. The second kappa shape index (κ2) is 6.27. The van der Waals surface area contributed by atoms with Crippen molar-refractivity contribution in [1.82, 2.24) is 14.5 Å². The Morgan fingerprint density at radius 1 is 1.17 bits per heavy atom. The standard InChI is InChI=1S/C16H12F3N3OS/c1-2-24-15-21-11-7-5-9-20-13(11)14(23)22(15)12-8-4-3-6-10(12)16(17,18)19/h3-9H,2H2,1H3. The van der Waals surface area contributed by atoms with Gasteiger partial charge in [-0.15, -0.1) is 0 Å². The Hall–Kier alpha value is -2.35. The van der Waals surface area contributed by atoms with Gasteiger partial charge in [0.1, 0.15) is 0 Å². The summed E-state index contributed by atoms with van der Waals surface area (Å²) in [5.74, 6) is 0.562. The zero-order chi connectivity index (χ0) is 17.3. The van der Waals surface area contributed by atoms with Crippen molar-refractivity contribution in [3.05, 3.63) is 58.5 Å². The fourth-order valence-electron chi connectivity index (χ4n) is 2.34. The van der Waals surface area contributed by atoms with Gasteiger partial charge in [0.25, 0.3) is 5.56 Å². The van der Waals surface area contributed by atoms with E-state index in [0.29, 0.717) is 11.3 Å². The monoisotopic (exact) mass is 351 g/mol. The molecule has 0 fully saturated rings. The van der Waals surface area contributed by atoms with Gasteiger partial charge in [0.15, 0.2) is 10.7 Å². The van der Waals surface area contributed by atoms with Crippen LogP contribution in [0.3, 0.4) is 0 Å². The number of nitrogens with zero attached hydrogens (tertiary/aromatic N) is 3. The second-order valence-electron chi connectivity index (χ2n) is 4.85. The van der Waals surface area contributed by atoms with Gasteiger partial charge >= 0.3 is 6.18 Å². The molecule has 0 saturated heterocycles. The molecule has 2 aromatic heterocycles. The third kappa shape index (κ3) is 2.89. The number of benzene rings is 1. The summed E-state index contributed by atoms with van der Waals surface area (Å²) >= 11 is 1.20. The lowest BCUT2D eigenvalue weighted by atomic mass is 10.1. The third-order valence-corrected chi connectivity index (χ3v) is 4.14. The van der Waals surface area contributed by atoms with E-state index in [9.17, 15) is 18.0 Å². The third-order valence-electron chi connectivity index (χ3n) is 3.32. The van der Waals surface area contributed by atoms with Gasteiger partial charge in [0, 0.05) is 6.20 Å². The lowest BCUT2D eigenvalue weighted by Gasteiger charge is -2.17. The van der Waals surface area contributed by atoms with Gasteiger partial charge in [0.2, 0.25) is 0 Å². The van der Waals surface area contributed by atoms with E-state index in [-0.39, 0.29) is 16.4 Å². The molecule has 4 nitrogen and oxygen atoms in total. The Balaban J connectivity index is 2.40. The molecule has 0 spiro atoms. The van der Waals surface area contributed by atoms with E-state index in [0.717, 1.165) is 10.6 Å². The highest BCUT2D eigenvalue weighted by molar-refractivity contribution is 7.99. The van der Waals surface area contributed by atoms with Crippen LogP contribution in [0.2, 0.25) is 0 Å². The summed E-state index contributed by atoms with van der Waals surface area (Å²) in [6.07, 6.45) is -3.17. The van der Waals surface area contributed by atoms with Crippen LogP contribution in [0.5, 0.6) is 0 Å². The fourth-order valence-corrected chi connectivity index (χ4v) is 3.08. The maximum absolute atomic E-state index is 13.3. The summed E-state index contributed by atoms with van der Waals surface area (Å²) in [7, 11) is 0. The molecule has 1 aromatic carbocycles. The minimum atomic E-state index is -4.58. The average molecular weight is 351 g/mol. The fraction of sp³-hybridized carbons (Fsp3) is 0.188. The molecule has 3 rings (SSSR count). The Morgan fingerprint density at radius 3 is 2.62 bits per heavy atom. The van der Waals surface area contributed by atoms with Gasteiger partial charge in [-0.2, -0.15) is 13.2 Å². The molecule has 0 radical (unpaired) electrons. The number of alkyl halides is 3. The number of para-hydroxylation sites is 1. The van der Waals surface area contributed by atoms with Crippen LogP contribution in [0.4, 0.5) is 13.2 Å². The SMILES string of the molecule is CCSc1nc2cccnc2c(=O)n1-c1ccccc1C(F)(F)F. The molecule has 0 saturated carbocycles. The number of halogens is 3. The van der Waals surface area contributed by atoms with Crippen molar-refractivity contribution >= 4 is 22.8 Å². The molecule has 0 bridgehead atoms. The van der Waals surface area contributed by atoms with Crippen LogP contribution in [-0.4, -0.2) is 20.3 Å². The van der Waals surface area contributed by atoms with E-state index in [4.69, 9.17) is 0 Å². The maximum Gasteiger partial charge on any atom is 0.418 e. The molecule has 0 unspecified atom stereocenters. The van der Waals surface area contributed by atoms with E-state index in [2.05, 4.69) is 9.97 Å². The molecule has 0 amide bonds. The lowest BCUT2D eigenvalue weighted by Crippen LogP contribution is -2.25. The summed E-state index contributed by atoms with van der Waals surface area (Å²) in [4.78, 5) is 21.1.